The number of rotatable bonds is 3. The summed E-state index contributed by atoms with van der Waals surface area (Å²) in [6.45, 7) is 0. The zero-order chi connectivity index (χ0) is 17.1. The Kier molecular flexibility index (Phi) is 5.27. The van der Waals surface area contributed by atoms with Gasteiger partial charge in [0.2, 0.25) is 0 Å². The number of halogens is 1. The van der Waals surface area contributed by atoms with Crippen molar-refractivity contribution in [2.45, 2.75) is 51.4 Å². The average molecular weight is 351 g/mol. The maximum Gasteiger partial charge on any atom is 0.0406 e. The van der Waals surface area contributed by atoms with Crippen molar-refractivity contribution >= 4 is 17.2 Å². The lowest BCUT2D eigenvalue weighted by Crippen LogP contribution is -2.19. The molecule has 2 aliphatic rings. The van der Waals surface area contributed by atoms with Crippen LogP contribution in [0.4, 0.5) is 0 Å². The number of hydrogen-bond acceptors (Lipinski definition) is 0. The molecular formula is C24H27Cl. The summed E-state index contributed by atoms with van der Waals surface area (Å²) in [4.78, 5) is 0. The molecule has 1 fully saturated rings. The maximum absolute atomic E-state index is 5.99. The molecule has 0 heterocycles. The summed E-state index contributed by atoms with van der Waals surface area (Å²) >= 11 is 5.99. The van der Waals surface area contributed by atoms with Crippen LogP contribution < -0.4 is 0 Å². The van der Waals surface area contributed by atoms with Crippen molar-refractivity contribution in [3.63, 3.8) is 0 Å². The van der Waals surface area contributed by atoms with Crippen LogP contribution in [0.2, 0.25) is 5.02 Å². The first kappa shape index (κ1) is 16.9. The van der Waals surface area contributed by atoms with Crippen molar-refractivity contribution in [3.8, 4) is 11.1 Å². The van der Waals surface area contributed by atoms with Crippen molar-refractivity contribution < 1.29 is 0 Å². The molecule has 1 heteroatoms. The van der Waals surface area contributed by atoms with E-state index in [1.54, 1.807) is 5.57 Å². The molecule has 1 unspecified atom stereocenters. The van der Waals surface area contributed by atoms with E-state index in [0.29, 0.717) is 0 Å². The summed E-state index contributed by atoms with van der Waals surface area (Å²) < 4.78 is 0. The van der Waals surface area contributed by atoms with Gasteiger partial charge in [-0.05, 0) is 65.5 Å². The van der Waals surface area contributed by atoms with Crippen LogP contribution in [0.25, 0.3) is 16.7 Å². The number of hydrogen-bond donors (Lipinski definition) is 0. The molecule has 0 N–H and O–H groups in total. The Morgan fingerprint density at radius 1 is 0.640 bits per heavy atom. The number of allylic oxidation sites excluding steroid dienone is 2. The highest BCUT2D eigenvalue weighted by Gasteiger charge is 2.25. The van der Waals surface area contributed by atoms with Gasteiger partial charge in [-0.1, -0.05) is 86.2 Å². The lowest BCUT2D eigenvalue weighted by molar-refractivity contribution is 0.235. The number of benzene rings is 2. The first-order valence-corrected chi connectivity index (χ1v) is 10.2. The lowest BCUT2D eigenvalue weighted by atomic mass is 9.73. The molecular weight excluding hydrogens is 324 g/mol. The van der Waals surface area contributed by atoms with Gasteiger partial charge in [-0.25, -0.2) is 0 Å². The molecule has 0 radical (unpaired) electrons. The van der Waals surface area contributed by atoms with Gasteiger partial charge in [-0.3, -0.25) is 0 Å². The van der Waals surface area contributed by atoms with Gasteiger partial charge in [0, 0.05) is 5.02 Å². The molecule has 0 spiro atoms. The van der Waals surface area contributed by atoms with E-state index in [1.807, 2.05) is 12.1 Å². The monoisotopic (exact) mass is 350 g/mol. The van der Waals surface area contributed by atoms with Crippen LogP contribution in [-0.4, -0.2) is 0 Å². The normalized spacial score (nSPS) is 21.8. The van der Waals surface area contributed by atoms with Gasteiger partial charge in [0.25, 0.3) is 0 Å². The van der Waals surface area contributed by atoms with E-state index in [-0.39, 0.29) is 0 Å². The third-order valence-electron chi connectivity index (χ3n) is 6.20. The molecule has 1 atom stereocenters. The highest BCUT2D eigenvalue weighted by atomic mass is 35.5. The van der Waals surface area contributed by atoms with Gasteiger partial charge >= 0.3 is 0 Å². The summed E-state index contributed by atoms with van der Waals surface area (Å²) in [5.41, 5.74) is 5.44. The molecule has 2 aromatic carbocycles. The van der Waals surface area contributed by atoms with Crippen molar-refractivity contribution in [1.29, 1.82) is 0 Å². The van der Waals surface area contributed by atoms with Crippen molar-refractivity contribution in [2.24, 2.45) is 11.8 Å². The second-order valence-corrected chi connectivity index (χ2v) is 8.18. The Labute approximate surface area is 156 Å². The van der Waals surface area contributed by atoms with E-state index in [9.17, 15) is 0 Å². The second-order valence-electron chi connectivity index (χ2n) is 7.75. The maximum atomic E-state index is 5.99. The quantitative estimate of drug-likeness (QED) is 0.530. The van der Waals surface area contributed by atoms with E-state index < -0.39 is 0 Å². The molecule has 130 valence electrons. The average Bonchev–Trinajstić information content (AvgIpc) is 2.70. The van der Waals surface area contributed by atoms with Crippen molar-refractivity contribution in [3.05, 3.63) is 65.2 Å². The molecule has 0 nitrogen and oxygen atoms in total. The highest BCUT2D eigenvalue weighted by molar-refractivity contribution is 6.30. The van der Waals surface area contributed by atoms with Crippen molar-refractivity contribution in [1.82, 2.24) is 0 Å². The Morgan fingerprint density at radius 2 is 1.24 bits per heavy atom. The van der Waals surface area contributed by atoms with Gasteiger partial charge < -0.3 is 0 Å². The van der Waals surface area contributed by atoms with Gasteiger partial charge in [0.1, 0.15) is 0 Å². The fourth-order valence-corrected chi connectivity index (χ4v) is 4.80. The predicted octanol–water partition coefficient (Wildman–Crippen LogP) is 7.77. The van der Waals surface area contributed by atoms with Crippen LogP contribution in [-0.2, 0) is 0 Å². The summed E-state index contributed by atoms with van der Waals surface area (Å²) in [5, 5.41) is 0.792. The zero-order valence-corrected chi connectivity index (χ0v) is 15.6. The Balaban J connectivity index is 1.43. The largest absolute Gasteiger partial charge is 0.0843 e. The summed E-state index contributed by atoms with van der Waals surface area (Å²) in [6, 6.07) is 17.2. The molecule has 0 aliphatic heterocycles. The molecule has 0 saturated heterocycles. The SMILES string of the molecule is Clc1ccc(-c2ccc(C3=CCC(C4CCCCC4)CC3)cc2)cc1. The van der Waals surface area contributed by atoms with E-state index in [0.717, 1.165) is 16.9 Å². The zero-order valence-electron chi connectivity index (χ0n) is 14.9. The van der Waals surface area contributed by atoms with Gasteiger partial charge in [0.05, 0.1) is 0 Å². The summed E-state index contributed by atoms with van der Waals surface area (Å²) in [7, 11) is 0. The Morgan fingerprint density at radius 3 is 1.84 bits per heavy atom. The molecule has 0 amide bonds. The molecule has 0 bridgehead atoms. The second kappa shape index (κ2) is 7.79. The summed E-state index contributed by atoms with van der Waals surface area (Å²) in [6.07, 6.45) is 13.8. The smallest absolute Gasteiger partial charge is 0.0406 e. The molecule has 0 aromatic heterocycles. The summed E-state index contributed by atoms with van der Waals surface area (Å²) in [5.74, 6) is 1.94. The van der Waals surface area contributed by atoms with Crippen LogP contribution in [0.15, 0.2) is 54.6 Å². The fourth-order valence-electron chi connectivity index (χ4n) is 4.67. The highest BCUT2D eigenvalue weighted by Crippen LogP contribution is 2.40. The minimum absolute atomic E-state index is 0.792. The van der Waals surface area contributed by atoms with Gasteiger partial charge in [-0.15, -0.1) is 0 Å². The minimum Gasteiger partial charge on any atom is -0.0843 e. The third-order valence-corrected chi connectivity index (χ3v) is 6.45. The van der Waals surface area contributed by atoms with E-state index in [2.05, 4.69) is 42.5 Å². The molecule has 1 saturated carbocycles. The first-order valence-electron chi connectivity index (χ1n) is 9.85. The molecule has 2 aliphatic carbocycles. The third kappa shape index (κ3) is 4.01. The topological polar surface area (TPSA) is 0 Å². The molecule has 2 aromatic rings. The van der Waals surface area contributed by atoms with Crippen molar-refractivity contribution in [2.75, 3.05) is 0 Å². The fraction of sp³-hybridized carbons (Fsp3) is 0.417. The van der Waals surface area contributed by atoms with E-state index in [4.69, 9.17) is 11.6 Å². The standard InChI is InChI=1S/C24H27Cl/c25-24-16-14-23(15-17-24)22-12-10-21(11-13-22)20-8-6-19(7-9-20)18-4-2-1-3-5-18/h8,10-19H,1-7,9H2. The van der Waals surface area contributed by atoms with E-state index in [1.165, 1.54) is 68.1 Å². The van der Waals surface area contributed by atoms with Crippen LogP contribution >= 0.6 is 11.6 Å². The lowest BCUT2D eigenvalue weighted by Gasteiger charge is -2.32. The van der Waals surface area contributed by atoms with Crippen LogP contribution in [0.5, 0.6) is 0 Å². The van der Waals surface area contributed by atoms with Gasteiger partial charge in [-0.2, -0.15) is 0 Å². The van der Waals surface area contributed by atoms with Crippen LogP contribution in [0.1, 0.15) is 56.9 Å². The van der Waals surface area contributed by atoms with Gasteiger partial charge in [0.15, 0.2) is 0 Å². The Hall–Kier alpha value is -1.53. The minimum atomic E-state index is 0.792. The first-order chi connectivity index (χ1) is 12.3. The molecule has 25 heavy (non-hydrogen) atoms. The van der Waals surface area contributed by atoms with Crippen LogP contribution in [0, 0.1) is 11.8 Å². The Bertz CT molecular complexity index is 718. The molecule has 4 rings (SSSR count). The van der Waals surface area contributed by atoms with Crippen LogP contribution in [0.3, 0.4) is 0 Å². The van der Waals surface area contributed by atoms with E-state index >= 15 is 0 Å². The predicted molar refractivity (Wildman–Crippen MR) is 109 cm³/mol.